The van der Waals surface area contributed by atoms with Gasteiger partial charge in [0.25, 0.3) is 0 Å². The molecule has 0 aliphatic heterocycles. The second kappa shape index (κ2) is 1.30. The third-order valence-corrected chi connectivity index (χ3v) is 0. The van der Waals surface area contributed by atoms with Crippen LogP contribution in [0.3, 0.4) is 0 Å². The van der Waals surface area contributed by atoms with Crippen LogP contribution >= 0.6 is 0 Å². The molecule has 0 aliphatic rings. The van der Waals surface area contributed by atoms with Gasteiger partial charge in [0.15, 0.2) is 0 Å². The first-order valence-electron chi connectivity index (χ1n) is 4.61. The molecule has 1 heteroatoms. The van der Waals surface area contributed by atoms with Crippen LogP contribution in [0, 0.1) is 0 Å². The lowest BCUT2D eigenvalue weighted by molar-refractivity contribution is 0.216. The summed E-state index contributed by atoms with van der Waals surface area (Å²) in [5.74, 6) is 0. The topological polar surface area (TPSA) is 20.2 Å². The Bertz CT molecular complexity index is 141. The highest BCUT2D eigenvalue weighted by Crippen LogP contribution is 1.65. The van der Waals surface area contributed by atoms with Crippen LogP contribution in [0.1, 0.15) is 23.3 Å². The van der Waals surface area contributed by atoms with E-state index in [9.17, 15) is 0 Å². The molecule has 0 saturated heterocycles. The molecule has 0 amide bonds. The zero-order valence-corrected chi connectivity index (χ0v) is 1.91. The summed E-state index contributed by atoms with van der Waals surface area (Å²) in [6.45, 7) is -6.33. The van der Waals surface area contributed by atoms with E-state index >= 15 is 0 Å². The van der Waals surface area contributed by atoms with Crippen LogP contribution in [0.4, 0.5) is 0 Å². The van der Waals surface area contributed by atoms with Crippen molar-refractivity contribution in [1.29, 1.82) is 1.43 Å². The van der Waals surface area contributed by atoms with E-state index in [1.807, 2.05) is 0 Å². The molecule has 0 aromatic heterocycles. The van der Waals surface area contributed by atoms with Crippen molar-refractivity contribution in [3.05, 3.63) is 0 Å². The van der Waals surface area contributed by atoms with Crippen LogP contribution in [0.5, 0.6) is 0 Å². The van der Waals surface area contributed by atoms with Crippen LogP contribution in [-0.4, -0.2) is 12.6 Å². The molecule has 4 heavy (non-hydrogen) atoms. The molecule has 1 nitrogen and oxygen atoms in total. The van der Waals surface area contributed by atoms with Gasteiger partial charge in [0.2, 0.25) is 1.43 Å². The number of aliphatic hydroxyl groups is 1. The minimum Gasteiger partial charge on any atom is -0.394 e. The molecule has 0 saturated carbocycles. The Labute approximate surface area is 37.6 Å². The molecule has 0 aliphatic carbocycles. The normalized spacial score (nSPS) is 47.0. The zero-order chi connectivity index (χ0) is 10.2. The van der Waals surface area contributed by atoms with Crippen molar-refractivity contribution in [3.8, 4) is 0 Å². The molecule has 26 valence electrons. The SMILES string of the molecule is [2H]OC([2H])(C([2H])([2H])[2H])C([2H])([2H])[2H]. The van der Waals surface area contributed by atoms with E-state index in [-0.39, 0.29) is 0 Å². The highest BCUT2D eigenvalue weighted by molar-refractivity contribution is 4.20. The molecule has 0 aromatic rings. The van der Waals surface area contributed by atoms with E-state index in [0.29, 0.717) is 0 Å². The van der Waals surface area contributed by atoms with Gasteiger partial charge in [0.05, 0.1) is 1.37 Å². The average molecular weight is 68.1 g/mol. The maximum atomic E-state index is 6.94. The number of hydrogen-bond donors (Lipinski definition) is 1. The lowest BCUT2D eigenvalue weighted by atomic mass is 10.5. The minimum absolute atomic E-state index is 3.17. The van der Waals surface area contributed by atoms with Gasteiger partial charge in [-0.1, -0.05) is 0 Å². The summed E-state index contributed by atoms with van der Waals surface area (Å²) in [5, 5.41) is 3.46. The fourth-order valence-corrected chi connectivity index (χ4v) is 0. The van der Waals surface area contributed by atoms with Crippen molar-refractivity contribution in [3.63, 3.8) is 0 Å². The molecule has 0 aromatic carbocycles. The summed E-state index contributed by atoms with van der Waals surface area (Å²) < 4.78 is 53.3. The second-order valence-corrected chi connectivity index (χ2v) is 0.329. The van der Waals surface area contributed by atoms with Gasteiger partial charge >= 0.3 is 0 Å². The molecular weight excluding hydrogens is 52.0 g/mol. The monoisotopic (exact) mass is 68.1 g/mol. The van der Waals surface area contributed by atoms with Crippen LogP contribution in [0.2, 0.25) is 0 Å². The van der Waals surface area contributed by atoms with Crippen molar-refractivity contribution in [1.82, 2.24) is 0 Å². The first-order valence-corrected chi connectivity index (χ1v) is 0.704. The molecular formula is C3H8O. The van der Waals surface area contributed by atoms with Crippen molar-refractivity contribution < 1.29 is 14.7 Å². The van der Waals surface area contributed by atoms with Gasteiger partial charge in [0.1, 0.15) is 0 Å². The molecule has 0 fully saturated rings. The summed E-state index contributed by atoms with van der Waals surface area (Å²) in [5.41, 5.74) is 0. The highest BCUT2D eigenvalue weighted by Gasteiger charge is 1.69. The Morgan fingerprint density at radius 3 is 3.25 bits per heavy atom. The minimum atomic E-state index is -3.17. The molecule has 0 bridgehead atoms. The maximum Gasteiger partial charge on any atom is 0.210 e. The second-order valence-electron chi connectivity index (χ2n) is 0.329. The zero-order valence-electron chi connectivity index (χ0n) is 9.91. The van der Waals surface area contributed by atoms with E-state index in [4.69, 9.17) is 11.0 Å². The Hall–Kier alpha value is -0.0400. The largest absolute Gasteiger partial charge is 0.394 e. The Morgan fingerprint density at radius 1 is 2.50 bits per heavy atom. The van der Waals surface area contributed by atoms with Gasteiger partial charge in [-0.15, -0.1) is 0 Å². The molecule has 0 unspecified atom stereocenters. The van der Waals surface area contributed by atoms with Crippen molar-refractivity contribution in [2.75, 3.05) is 0 Å². The summed E-state index contributed by atoms with van der Waals surface area (Å²) >= 11 is 0. The van der Waals surface area contributed by atoms with Crippen molar-refractivity contribution >= 4 is 0 Å². The van der Waals surface area contributed by atoms with E-state index in [1.165, 1.54) is 0 Å². The maximum absolute atomic E-state index is 6.94. The molecule has 0 spiro atoms. The van der Waals surface area contributed by atoms with E-state index < -0.39 is 19.8 Å². The van der Waals surface area contributed by atoms with Gasteiger partial charge in [-0.2, -0.15) is 0 Å². The van der Waals surface area contributed by atoms with E-state index in [1.54, 1.807) is 0 Å². The van der Waals surface area contributed by atoms with E-state index in [0.717, 1.165) is 0 Å². The Balaban J connectivity index is 4.95. The van der Waals surface area contributed by atoms with Gasteiger partial charge in [0, 0.05) is 14.3 Å². The Kier molecular flexibility index (Phi) is 0.0937. The van der Waals surface area contributed by atoms with Crippen molar-refractivity contribution in [2.24, 2.45) is 0 Å². The van der Waals surface area contributed by atoms with Crippen LogP contribution in [0.15, 0.2) is 0 Å². The van der Waals surface area contributed by atoms with E-state index in [2.05, 4.69) is 5.11 Å². The predicted octanol–water partition coefficient (Wildman–Crippen LogP) is 0.387. The van der Waals surface area contributed by atoms with Gasteiger partial charge in [-0.3, -0.25) is 0 Å². The van der Waals surface area contributed by atoms with Gasteiger partial charge < -0.3 is 5.11 Å². The van der Waals surface area contributed by atoms with Crippen LogP contribution < -0.4 is 0 Å². The summed E-state index contributed by atoms with van der Waals surface area (Å²) in [4.78, 5) is 0. The molecule has 0 radical (unpaired) electrons. The molecule has 0 atom stereocenters. The fourth-order valence-electron chi connectivity index (χ4n) is 0. The highest BCUT2D eigenvalue weighted by atomic mass is 16.3. The fraction of sp³-hybridized carbons (Fsp3) is 1.00. The quantitative estimate of drug-likeness (QED) is 0.471. The Morgan fingerprint density at radius 2 is 3.25 bits per heavy atom. The predicted molar refractivity (Wildman–Crippen MR) is 17.4 cm³/mol. The number of rotatable bonds is 1. The lowest BCUT2D eigenvalue weighted by Crippen LogP contribution is -1.85. The summed E-state index contributed by atoms with van der Waals surface area (Å²) in [7, 11) is 0. The first-order chi connectivity index (χ1) is 5.06. The van der Waals surface area contributed by atoms with Crippen LogP contribution in [-0.2, 0) is 0 Å². The lowest BCUT2D eigenvalue weighted by Gasteiger charge is -1.80. The number of hydrogen-bond acceptors (Lipinski definition) is 1. The molecule has 0 heterocycles. The average Bonchev–Trinajstić information content (AvgIpc) is 1.81. The van der Waals surface area contributed by atoms with Gasteiger partial charge in [-0.25, -0.2) is 0 Å². The first kappa shape index (κ1) is 0.289. The van der Waals surface area contributed by atoms with Crippen LogP contribution in [0.25, 0.3) is 0 Å². The third kappa shape index (κ3) is 1130. The molecule has 0 rings (SSSR count). The smallest absolute Gasteiger partial charge is 0.210 e. The summed E-state index contributed by atoms with van der Waals surface area (Å²) in [6, 6.07) is 0. The summed E-state index contributed by atoms with van der Waals surface area (Å²) in [6.07, 6.45) is -3.17. The molecule has 1 N–H and O–H groups in total. The third-order valence-electron chi connectivity index (χ3n) is 0. The van der Waals surface area contributed by atoms with Gasteiger partial charge in [-0.05, 0) is 13.7 Å². The van der Waals surface area contributed by atoms with Crippen molar-refractivity contribution in [2.45, 2.75) is 19.8 Å². The standard InChI is InChI=1S/C3H8O/c1-3(2)4/h3-4H,1-2H3/i1D3,2D3,3D,4D.